The first-order valence-corrected chi connectivity index (χ1v) is 6.85. The fourth-order valence-electron chi connectivity index (χ4n) is 2.30. The van der Waals surface area contributed by atoms with Gasteiger partial charge in [0.1, 0.15) is 12.4 Å². The lowest BCUT2D eigenvalue weighted by molar-refractivity contribution is -0.122. The van der Waals surface area contributed by atoms with Crippen LogP contribution >= 0.6 is 0 Å². The molecule has 3 rings (SSSR count). The number of halogens is 1. The molecule has 6 heteroatoms. The summed E-state index contributed by atoms with van der Waals surface area (Å²) >= 11 is 0. The molecule has 0 spiro atoms. The van der Waals surface area contributed by atoms with Crippen molar-refractivity contribution in [3.05, 3.63) is 53.1 Å². The van der Waals surface area contributed by atoms with Crippen molar-refractivity contribution in [2.45, 2.75) is 26.1 Å². The van der Waals surface area contributed by atoms with Crippen LogP contribution in [-0.4, -0.2) is 22.3 Å². The number of hydrogen-bond donors (Lipinski definition) is 1. The van der Waals surface area contributed by atoms with Gasteiger partial charge in [-0.25, -0.2) is 4.39 Å². The van der Waals surface area contributed by atoms with Gasteiger partial charge in [0.25, 0.3) is 0 Å². The molecule has 1 N–H and O–H groups in total. The minimum atomic E-state index is -0.315. The van der Waals surface area contributed by atoms with Crippen molar-refractivity contribution in [2.24, 2.45) is 0 Å². The second-order valence-corrected chi connectivity index (χ2v) is 4.97. The summed E-state index contributed by atoms with van der Waals surface area (Å²) in [5.74, 6) is -0.511. The van der Waals surface area contributed by atoms with E-state index in [1.54, 1.807) is 22.9 Å². The smallest absolute Gasteiger partial charge is 0.241 e. The molecule has 21 heavy (non-hydrogen) atoms. The van der Waals surface area contributed by atoms with Gasteiger partial charge in [-0.1, -0.05) is 18.2 Å². The van der Waals surface area contributed by atoms with E-state index < -0.39 is 0 Å². The monoisotopic (exact) mass is 289 g/mol. The zero-order valence-electron chi connectivity index (χ0n) is 11.5. The van der Waals surface area contributed by atoms with Gasteiger partial charge < -0.3 is 10.1 Å². The first-order valence-electron chi connectivity index (χ1n) is 6.85. The lowest BCUT2D eigenvalue weighted by atomic mass is 10.2. The molecule has 0 aliphatic carbocycles. The maximum atomic E-state index is 13.4. The van der Waals surface area contributed by atoms with Gasteiger partial charge in [0.15, 0.2) is 0 Å². The second-order valence-electron chi connectivity index (χ2n) is 4.97. The molecule has 1 amide bonds. The van der Waals surface area contributed by atoms with Crippen molar-refractivity contribution >= 4 is 5.91 Å². The average molecular weight is 289 g/mol. The lowest BCUT2D eigenvalue weighted by Gasteiger charge is -2.08. The van der Waals surface area contributed by atoms with E-state index in [1.807, 2.05) is 6.20 Å². The highest BCUT2D eigenvalue weighted by Gasteiger charge is 2.15. The number of ether oxygens (including phenoxy) is 1. The molecule has 0 fully saturated rings. The summed E-state index contributed by atoms with van der Waals surface area (Å²) < 4.78 is 20.4. The van der Waals surface area contributed by atoms with Crippen LogP contribution in [0.2, 0.25) is 0 Å². The van der Waals surface area contributed by atoms with Crippen LogP contribution in [0.25, 0.3) is 0 Å². The summed E-state index contributed by atoms with van der Waals surface area (Å²) in [5.41, 5.74) is 2.49. The maximum absolute atomic E-state index is 13.4. The molecule has 0 saturated carbocycles. The molecule has 0 bridgehead atoms. The fraction of sp³-hybridized carbons (Fsp3) is 0.333. The van der Waals surface area contributed by atoms with Crippen LogP contribution in [0.4, 0.5) is 4.39 Å². The molecule has 1 aliphatic heterocycles. The summed E-state index contributed by atoms with van der Waals surface area (Å²) in [6, 6.07) is 6.39. The molecule has 110 valence electrons. The highest BCUT2D eigenvalue weighted by Crippen LogP contribution is 2.14. The number of carbonyl (C=O) groups excluding carboxylic acids is 1. The Morgan fingerprint density at radius 1 is 1.43 bits per heavy atom. The molecular formula is C15H16FN3O2. The molecular weight excluding hydrogens is 273 g/mol. The highest BCUT2D eigenvalue weighted by molar-refractivity contribution is 5.75. The molecule has 5 nitrogen and oxygen atoms in total. The molecule has 0 saturated heterocycles. The van der Waals surface area contributed by atoms with Gasteiger partial charge in [0.05, 0.1) is 18.9 Å². The SMILES string of the molecule is O=C(Cn1cc2c(n1)CCOC2)NCc1ccccc1F. The van der Waals surface area contributed by atoms with Crippen LogP contribution in [0, 0.1) is 5.82 Å². The Balaban J connectivity index is 1.57. The van der Waals surface area contributed by atoms with Gasteiger partial charge in [0, 0.05) is 30.3 Å². The highest BCUT2D eigenvalue weighted by atomic mass is 19.1. The third-order valence-electron chi connectivity index (χ3n) is 3.40. The predicted octanol–water partition coefficient (Wildman–Crippen LogP) is 1.41. The van der Waals surface area contributed by atoms with E-state index in [2.05, 4.69) is 10.4 Å². The Bertz CT molecular complexity index is 631. The van der Waals surface area contributed by atoms with Crippen LogP contribution in [0.3, 0.4) is 0 Å². The number of nitrogens with one attached hydrogen (secondary N) is 1. The van der Waals surface area contributed by atoms with E-state index in [-0.39, 0.29) is 24.8 Å². The second kappa shape index (κ2) is 6.05. The summed E-state index contributed by atoms with van der Waals surface area (Å²) in [6.45, 7) is 1.52. The van der Waals surface area contributed by atoms with Crippen molar-refractivity contribution in [3.8, 4) is 0 Å². The number of aromatic nitrogens is 2. The van der Waals surface area contributed by atoms with Crippen LogP contribution in [-0.2, 0) is 35.6 Å². The number of carbonyl (C=O) groups is 1. The number of amides is 1. The largest absolute Gasteiger partial charge is 0.376 e. The molecule has 1 aromatic heterocycles. The first kappa shape index (κ1) is 13.8. The van der Waals surface area contributed by atoms with E-state index in [1.165, 1.54) is 6.07 Å². The topological polar surface area (TPSA) is 56.2 Å². The summed E-state index contributed by atoms with van der Waals surface area (Å²) in [7, 11) is 0. The number of benzene rings is 1. The number of fused-ring (bicyclic) bond motifs is 1. The van der Waals surface area contributed by atoms with Gasteiger partial charge in [-0.15, -0.1) is 0 Å². The Labute approximate surface area is 121 Å². The fourth-order valence-corrected chi connectivity index (χ4v) is 2.30. The summed E-state index contributed by atoms with van der Waals surface area (Å²) in [4.78, 5) is 11.9. The van der Waals surface area contributed by atoms with Crippen molar-refractivity contribution in [3.63, 3.8) is 0 Å². The van der Waals surface area contributed by atoms with E-state index in [0.29, 0.717) is 18.8 Å². The number of rotatable bonds is 4. The minimum Gasteiger partial charge on any atom is -0.376 e. The maximum Gasteiger partial charge on any atom is 0.241 e. The Morgan fingerprint density at radius 2 is 2.29 bits per heavy atom. The van der Waals surface area contributed by atoms with Gasteiger partial charge in [-0.3, -0.25) is 9.48 Å². The standard InChI is InChI=1S/C15H16FN3O2/c16-13-4-2-1-3-11(13)7-17-15(20)9-19-8-12-10-21-6-5-14(12)18-19/h1-4,8H,5-7,9-10H2,(H,17,20). The number of hydrogen-bond acceptors (Lipinski definition) is 3. The van der Waals surface area contributed by atoms with Gasteiger partial charge in [0.2, 0.25) is 5.91 Å². The Hall–Kier alpha value is -2.21. The molecule has 0 radical (unpaired) electrons. The van der Waals surface area contributed by atoms with Crippen LogP contribution in [0.5, 0.6) is 0 Å². The van der Waals surface area contributed by atoms with E-state index >= 15 is 0 Å². The average Bonchev–Trinajstić information content (AvgIpc) is 2.88. The molecule has 0 unspecified atom stereocenters. The van der Waals surface area contributed by atoms with Crippen molar-refractivity contribution < 1.29 is 13.9 Å². The molecule has 1 aromatic carbocycles. The number of nitrogens with zero attached hydrogens (tertiary/aromatic N) is 2. The van der Waals surface area contributed by atoms with Gasteiger partial charge >= 0.3 is 0 Å². The summed E-state index contributed by atoms with van der Waals surface area (Å²) in [5, 5.41) is 7.06. The zero-order valence-corrected chi connectivity index (χ0v) is 11.5. The molecule has 1 aliphatic rings. The molecule has 0 atom stereocenters. The Kier molecular flexibility index (Phi) is 3.96. The van der Waals surface area contributed by atoms with Gasteiger partial charge in [-0.05, 0) is 6.07 Å². The van der Waals surface area contributed by atoms with Crippen LogP contribution in [0.1, 0.15) is 16.8 Å². The van der Waals surface area contributed by atoms with Crippen LogP contribution in [0.15, 0.2) is 30.5 Å². The molecule has 2 heterocycles. The predicted molar refractivity (Wildman–Crippen MR) is 73.8 cm³/mol. The Morgan fingerprint density at radius 3 is 3.10 bits per heavy atom. The third kappa shape index (κ3) is 3.28. The minimum absolute atomic E-state index is 0.126. The van der Waals surface area contributed by atoms with E-state index in [9.17, 15) is 9.18 Å². The van der Waals surface area contributed by atoms with E-state index in [0.717, 1.165) is 17.7 Å². The molecule has 2 aromatic rings. The lowest BCUT2D eigenvalue weighted by Crippen LogP contribution is -2.27. The summed E-state index contributed by atoms with van der Waals surface area (Å²) in [6.07, 6.45) is 2.61. The quantitative estimate of drug-likeness (QED) is 0.926. The van der Waals surface area contributed by atoms with Crippen LogP contribution < -0.4 is 5.32 Å². The van der Waals surface area contributed by atoms with Gasteiger partial charge in [-0.2, -0.15) is 5.10 Å². The first-order chi connectivity index (χ1) is 10.2. The van der Waals surface area contributed by atoms with E-state index in [4.69, 9.17) is 4.74 Å². The van der Waals surface area contributed by atoms with Crippen molar-refractivity contribution in [1.82, 2.24) is 15.1 Å². The zero-order chi connectivity index (χ0) is 14.7. The third-order valence-corrected chi connectivity index (χ3v) is 3.40. The van der Waals surface area contributed by atoms with Crippen molar-refractivity contribution in [2.75, 3.05) is 6.61 Å². The normalized spacial score (nSPS) is 13.8. The van der Waals surface area contributed by atoms with Crippen molar-refractivity contribution in [1.29, 1.82) is 0 Å².